The molecule has 3 rings (SSSR count). The molecule has 1 aliphatic heterocycles. The molecule has 2 atom stereocenters. The van der Waals surface area contributed by atoms with Gasteiger partial charge in [-0.15, -0.1) is 0 Å². The zero-order valence-electron chi connectivity index (χ0n) is 11.5. The molecular weight excluding hydrogens is 274 g/mol. The summed E-state index contributed by atoms with van der Waals surface area (Å²) >= 11 is 0. The van der Waals surface area contributed by atoms with Crippen molar-refractivity contribution < 1.29 is 24.2 Å². The predicted octanol–water partition coefficient (Wildman–Crippen LogP) is 1.18. The molecule has 6 nitrogen and oxygen atoms in total. The number of hydrogen-bond acceptors (Lipinski definition) is 4. The number of fused-ring (bicyclic) bond motifs is 1. The number of nitrogens with one attached hydrogen (secondary N) is 1. The average Bonchev–Trinajstić information content (AvgIpc) is 3.27. The van der Waals surface area contributed by atoms with Crippen molar-refractivity contribution >= 4 is 11.9 Å². The zero-order valence-corrected chi connectivity index (χ0v) is 11.5. The van der Waals surface area contributed by atoms with E-state index in [-0.39, 0.29) is 11.8 Å². The number of ether oxygens (including phenoxy) is 2. The van der Waals surface area contributed by atoms with Crippen LogP contribution in [0.25, 0.3) is 0 Å². The molecule has 0 radical (unpaired) electrons. The Morgan fingerprint density at radius 1 is 1.19 bits per heavy atom. The third-order valence-corrected chi connectivity index (χ3v) is 3.72. The largest absolute Gasteiger partial charge is 0.490 e. The molecule has 112 valence electrons. The lowest BCUT2D eigenvalue weighted by Crippen LogP contribution is -2.25. The highest BCUT2D eigenvalue weighted by atomic mass is 16.5. The van der Waals surface area contributed by atoms with E-state index < -0.39 is 11.9 Å². The first-order valence-electron chi connectivity index (χ1n) is 7.04. The number of carboxylic acid groups (broad SMARTS) is 1. The van der Waals surface area contributed by atoms with Crippen molar-refractivity contribution in [2.45, 2.75) is 19.4 Å². The van der Waals surface area contributed by atoms with E-state index in [4.69, 9.17) is 14.6 Å². The minimum Gasteiger partial charge on any atom is -0.490 e. The minimum atomic E-state index is -0.897. The van der Waals surface area contributed by atoms with Crippen LogP contribution in [-0.4, -0.2) is 30.2 Å². The van der Waals surface area contributed by atoms with Crippen LogP contribution in [0.5, 0.6) is 11.5 Å². The van der Waals surface area contributed by atoms with Crippen molar-refractivity contribution in [2.75, 3.05) is 13.2 Å². The fourth-order valence-corrected chi connectivity index (χ4v) is 2.40. The number of carbonyl (C=O) groups excluding carboxylic acids is 1. The third kappa shape index (κ3) is 3.09. The fourth-order valence-electron chi connectivity index (χ4n) is 2.40. The lowest BCUT2D eigenvalue weighted by molar-refractivity contribution is -0.140. The van der Waals surface area contributed by atoms with Crippen LogP contribution in [0.15, 0.2) is 18.2 Å². The van der Waals surface area contributed by atoms with Gasteiger partial charge in [-0.3, -0.25) is 9.59 Å². The molecule has 0 spiro atoms. The van der Waals surface area contributed by atoms with Crippen molar-refractivity contribution in [1.29, 1.82) is 0 Å². The van der Waals surface area contributed by atoms with E-state index in [9.17, 15) is 9.59 Å². The van der Waals surface area contributed by atoms with Crippen LogP contribution in [0.3, 0.4) is 0 Å². The predicted molar refractivity (Wildman–Crippen MR) is 73.1 cm³/mol. The lowest BCUT2D eigenvalue weighted by atomic mass is 10.2. The van der Waals surface area contributed by atoms with Crippen LogP contribution in [0, 0.1) is 11.8 Å². The lowest BCUT2D eigenvalue weighted by Gasteiger charge is -2.10. The second-order valence-electron chi connectivity index (χ2n) is 5.34. The van der Waals surface area contributed by atoms with E-state index in [2.05, 4.69) is 5.32 Å². The van der Waals surface area contributed by atoms with Crippen molar-refractivity contribution in [2.24, 2.45) is 11.8 Å². The number of benzene rings is 1. The number of rotatable bonds is 4. The first-order chi connectivity index (χ1) is 10.1. The maximum absolute atomic E-state index is 11.8. The van der Waals surface area contributed by atoms with Crippen LogP contribution < -0.4 is 14.8 Å². The molecule has 0 bridgehead atoms. The van der Waals surface area contributed by atoms with Crippen LogP contribution in [0.4, 0.5) is 0 Å². The summed E-state index contributed by atoms with van der Waals surface area (Å²) in [5.74, 6) is -0.596. The second kappa shape index (κ2) is 5.63. The Labute approximate surface area is 122 Å². The zero-order chi connectivity index (χ0) is 14.8. The maximum atomic E-state index is 11.8. The van der Waals surface area contributed by atoms with E-state index in [0.29, 0.717) is 31.9 Å². The molecule has 0 saturated heterocycles. The molecule has 1 saturated carbocycles. The minimum absolute atomic E-state index is 0.200. The summed E-state index contributed by atoms with van der Waals surface area (Å²) in [6.07, 6.45) is 1.28. The molecular formula is C15H17NO5. The van der Waals surface area contributed by atoms with Gasteiger partial charge in [0.2, 0.25) is 5.91 Å². The van der Waals surface area contributed by atoms with Gasteiger partial charge < -0.3 is 19.9 Å². The van der Waals surface area contributed by atoms with Gasteiger partial charge in [-0.05, 0) is 24.1 Å². The van der Waals surface area contributed by atoms with Gasteiger partial charge in [-0.2, -0.15) is 0 Å². The molecule has 1 heterocycles. The third-order valence-electron chi connectivity index (χ3n) is 3.72. The highest BCUT2D eigenvalue weighted by Crippen LogP contribution is 2.38. The van der Waals surface area contributed by atoms with Gasteiger partial charge in [0.15, 0.2) is 11.5 Å². The average molecular weight is 291 g/mol. The second-order valence-corrected chi connectivity index (χ2v) is 5.34. The monoisotopic (exact) mass is 291 g/mol. The molecule has 1 amide bonds. The standard InChI is InChI=1S/C15H17NO5/c17-14(10-7-11(10)15(18)19)16-8-9-2-3-12-13(6-9)21-5-1-4-20-12/h2-3,6,10-11H,1,4-5,7-8H2,(H,16,17)(H,18,19)/t10-,11+/m0/s1. The smallest absolute Gasteiger partial charge is 0.307 e. The first kappa shape index (κ1) is 13.7. The Hall–Kier alpha value is -2.24. The van der Waals surface area contributed by atoms with E-state index in [1.807, 2.05) is 18.2 Å². The van der Waals surface area contributed by atoms with Crippen LogP contribution in [0.2, 0.25) is 0 Å². The molecule has 1 fully saturated rings. The Morgan fingerprint density at radius 2 is 1.95 bits per heavy atom. The summed E-state index contributed by atoms with van der Waals surface area (Å²) in [6, 6.07) is 5.55. The first-order valence-corrected chi connectivity index (χ1v) is 7.04. The van der Waals surface area contributed by atoms with Crippen LogP contribution in [0.1, 0.15) is 18.4 Å². The quantitative estimate of drug-likeness (QED) is 0.870. The van der Waals surface area contributed by atoms with Crippen molar-refractivity contribution in [3.8, 4) is 11.5 Å². The number of hydrogen-bond donors (Lipinski definition) is 2. The summed E-state index contributed by atoms with van der Waals surface area (Å²) in [6.45, 7) is 1.62. The molecule has 21 heavy (non-hydrogen) atoms. The molecule has 2 aliphatic rings. The summed E-state index contributed by atoms with van der Waals surface area (Å²) in [5.41, 5.74) is 0.903. The van der Waals surface area contributed by atoms with E-state index in [1.165, 1.54) is 0 Å². The Kier molecular flexibility index (Phi) is 3.68. The van der Waals surface area contributed by atoms with Gasteiger partial charge in [-0.25, -0.2) is 0 Å². The number of carboxylic acids is 1. The Morgan fingerprint density at radius 3 is 2.67 bits per heavy atom. The highest BCUT2D eigenvalue weighted by Gasteiger charge is 2.48. The van der Waals surface area contributed by atoms with E-state index >= 15 is 0 Å². The van der Waals surface area contributed by atoms with Gasteiger partial charge in [0.25, 0.3) is 0 Å². The van der Waals surface area contributed by atoms with Gasteiger partial charge >= 0.3 is 5.97 Å². The molecule has 1 aliphatic carbocycles. The summed E-state index contributed by atoms with van der Waals surface area (Å²) in [7, 11) is 0. The van der Waals surface area contributed by atoms with E-state index in [0.717, 1.165) is 17.7 Å². The van der Waals surface area contributed by atoms with Crippen LogP contribution in [-0.2, 0) is 16.1 Å². The number of carbonyl (C=O) groups is 2. The van der Waals surface area contributed by atoms with Gasteiger partial charge in [0.1, 0.15) is 0 Å². The molecule has 1 aromatic rings. The maximum Gasteiger partial charge on any atom is 0.307 e. The molecule has 2 N–H and O–H groups in total. The summed E-state index contributed by atoms with van der Waals surface area (Å²) in [5, 5.41) is 11.6. The molecule has 1 aromatic carbocycles. The van der Waals surface area contributed by atoms with Gasteiger partial charge in [0, 0.05) is 13.0 Å². The van der Waals surface area contributed by atoms with Crippen molar-refractivity contribution in [3.05, 3.63) is 23.8 Å². The Bertz CT molecular complexity index is 571. The highest BCUT2D eigenvalue weighted by molar-refractivity contribution is 5.89. The normalized spacial score (nSPS) is 23.0. The SMILES string of the molecule is O=C(NCc1ccc2c(c1)OCCCO2)[C@H]1C[C@H]1C(=O)O. The molecule has 0 aromatic heterocycles. The number of amides is 1. The van der Waals surface area contributed by atoms with Gasteiger partial charge in [-0.1, -0.05) is 6.07 Å². The molecule has 0 unspecified atom stereocenters. The topological polar surface area (TPSA) is 84.9 Å². The summed E-state index contributed by atoms with van der Waals surface area (Å²) in [4.78, 5) is 22.5. The van der Waals surface area contributed by atoms with Gasteiger partial charge in [0.05, 0.1) is 25.0 Å². The van der Waals surface area contributed by atoms with Crippen molar-refractivity contribution in [3.63, 3.8) is 0 Å². The Balaban J connectivity index is 1.57. The van der Waals surface area contributed by atoms with E-state index in [1.54, 1.807) is 0 Å². The van der Waals surface area contributed by atoms with Crippen molar-refractivity contribution in [1.82, 2.24) is 5.32 Å². The molecule has 6 heteroatoms. The van der Waals surface area contributed by atoms with Crippen LogP contribution >= 0.6 is 0 Å². The fraction of sp³-hybridized carbons (Fsp3) is 0.467. The summed E-state index contributed by atoms with van der Waals surface area (Å²) < 4.78 is 11.1. The number of aliphatic carboxylic acids is 1.